The number of rotatable bonds is 4. The first kappa shape index (κ1) is 18.6. The lowest BCUT2D eigenvalue weighted by atomic mass is 10.1. The molecule has 8 nitrogen and oxygen atoms in total. The van der Waals surface area contributed by atoms with Gasteiger partial charge in [0.2, 0.25) is 0 Å². The fraction of sp³-hybridized carbons (Fsp3) is 0.368. The molecule has 28 heavy (non-hydrogen) atoms. The minimum absolute atomic E-state index is 0.272. The molecule has 1 aliphatic rings. The summed E-state index contributed by atoms with van der Waals surface area (Å²) >= 11 is 6.24. The van der Waals surface area contributed by atoms with Gasteiger partial charge in [0.15, 0.2) is 5.82 Å². The second-order valence-electron chi connectivity index (χ2n) is 6.83. The highest BCUT2D eigenvalue weighted by molar-refractivity contribution is 6.32. The van der Waals surface area contributed by atoms with Gasteiger partial charge in [-0.25, -0.2) is 9.97 Å². The van der Waals surface area contributed by atoms with Crippen molar-refractivity contribution in [2.45, 2.75) is 25.4 Å². The zero-order valence-corrected chi connectivity index (χ0v) is 16.2. The van der Waals surface area contributed by atoms with Crippen molar-refractivity contribution in [2.75, 3.05) is 30.8 Å². The van der Waals surface area contributed by atoms with Gasteiger partial charge in [0.1, 0.15) is 22.6 Å². The van der Waals surface area contributed by atoms with Crippen molar-refractivity contribution in [2.24, 2.45) is 0 Å². The quantitative estimate of drug-likeness (QED) is 0.685. The molecule has 0 amide bonds. The summed E-state index contributed by atoms with van der Waals surface area (Å²) in [5.74, 6) is 1.60. The van der Waals surface area contributed by atoms with E-state index in [0.717, 1.165) is 5.56 Å². The molecule has 3 aromatic rings. The maximum absolute atomic E-state index is 9.77. The van der Waals surface area contributed by atoms with E-state index in [-0.39, 0.29) is 6.10 Å². The first-order valence-electron chi connectivity index (χ1n) is 9.08. The highest BCUT2D eigenvalue weighted by Gasteiger charge is 2.23. The van der Waals surface area contributed by atoms with Gasteiger partial charge >= 0.3 is 0 Å². The van der Waals surface area contributed by atoms with Gasteiger partial charge in [0, 0.05) is 19.5 Å². The van der Waals surface area contributed by atoms with Crippen LogP contribution in [-0.2, 0) is 6.42 Å². The number of aliphatic hydroxyl groups excluding tert-OH is 1. The Labute approximate surface area is 167 Å². The molecular formula is C19H21ClN6O2. The van der Waals surface area contributed by atoms with Crippen LogP contribution in [0.5, 0.6) is 5.75 Å². The maximum atomic E-state index is 9.77. The van der Waals surface area contributed by atoms with Gasteiger partial charge in [-0.3, -0.25) is 0 Å². The molecule has 3 heterocycles. The molecule has 0 spiro atoms. The average Bonchev–Trinajstić information content (AvgIpc) is 2.69. The summed E-state index contributed by atoms with van der Waals surface area (Å²) in [7, 11) is 1.58. The van der Waals surface area contributed by atoms with E-state index in [4.69, 9.17) is 22.1 Å². The Morgan fingerprint density at radius 3 is 2.75 bits per heavy atom. The van der Waals surface area contributed by atoms with Crippen molar-refractivity contribution in [1.82, 2.24) is 20.2 Å². The van der Waals surface area contributed by atoms with Gasteiger partial charge in [-0.05, 0) is 30.5 Å². The van der Waals surface area contributed by atoms with Crippen LogP contribution < -0.4 is 15.4 Å². The zero-order valence-electron chi connectivity index (χ0n) is 15.5. The Hall–Kier alpha value is -2.71. The molecule has 3 N–H and O–H groups in total. The molecule has 0 saturated carbocycles. The summed E-state index contributed by atoms with van der Waals surface area (Å²) in [6.07, 6.45) is 3.13. The Morgan fingerprint density at radius 1 is 1.25 bits per heavy atom. The van der Waals surface area contributed by atoms with Crippen LogP contribution in [0.4, 0.5) is 11.6 Å². The molecule has 1 saturated heterocycles. The number of aromatic nitrogens is 4. The lowest BCUT2D eigenvalue weighted by Gasteiger charge is -2.30. The number of ether oxygens (including phenoxy) is 1. The molecule has 1 aliphatic heterocycles. The van der Waals surface area contributed by atoms with Crippen LogP contribution in [0.1, 0.15) is 24.1 Å². The number of piperidine rings is 1. The van der Waals surface area contributed by atoms with Crippen molar-refractivity contribution >= 4 is 34.3 Å². The van der Waals surface area contributed by atoms with E-state index in [1.807, 2.05) is 18.2 Å². The molecule has 2 aromatic heterocycles. The molecule has 146 valence electrons. The summed E-state index contributed by atoms with van der Waals surface area (Å²) in [4.78, 5) is 11.0. The Balaban J connectivity index is 1.72. The van der Waals surface area contributed by atoms with E-state index in [9.17, 15) is 5.11 Å². The number of nitrogens with zero attached hydrogens (tertiary/aromatic N) is 5. The van der Waals surface area contributed by atoms with E-state index in [0.29, 0.717) is 71.5 Å². The van der Waals surface area contributed by atoms with E-state index < -0.39 is 0 Å². The highest BCUT2D eigenvalue weighted by Crippen LogP contribution is 2.29. The number of aliphatic hydroxyl groups is 1. The number of benzene rings is 1. The standard InChI is InChI=1S/C19H21ClN6O2/c1-28-15-3-2-11(8-13(15)20)9-14-17-18(23-16(21)10-22-17)19(25-24-14)26-6-4-12(27)5-7-26/h2-3,8,10,12,27H,4-7,9H2,1H3,(H2,21,23). The Morgan fingerprint density at radius 2 is 2.04 bits per heavy atom. The number of hydrogen-bond acceptors (Lipinski definition) is 8. The molecule has 4 rings (SSSR count). The third-order valence-electron chi connectivity index (χ3n) is 4.89. The summed E-state index contributed by atoms with van der Waals surface area (Å²) in [5.41, 5.74) is 8.84. The molecule has 0 unspecified atom stereocenters. The first-order chi connectivity index (χ1) is 13.5. The minimum Gasteiger partial charge on any atom is -0.495 e. The van der Waals surface area contributed by atoms with Gasteiger partial charge in [-0.1, -0.05) is 17.7 Å². The van der Waals surface area contributed by atoms with Gasteiger partial charge in [0.05, 0.1) is 30.1 Å². The molecule has 1 fully saturated rings. The normalized spacial score (nSPS) is 15.2. The van der Waals surface area contributed by atoms with Crippen molar-refractivity contribution in [3.05, 3.63) is 40.7 Å². The average molecular weight is 401 g/mol. The lowest BCUT2D eigenvalue weighted by molar-refractivity contribution is 0.145. The predicted molar refractivity (Wildman–Crippen MR) is 108 cm³/mol. The summed E-state index contributed by atoms with van der Waals surface area (Å²) < 4.78 is 5.20. The number of fused-ring (bicyclic) bond motifs is 1. The monoisotopic (exact) mass is 400 g/mol. The number of hydrogen-bond donors (Lipinski definition) is 2. The fourth-order valence-corrected chi connectivity index (χ4v) is 3.68. The fourth-order valence-electron chi connectivity index (χ4n) is 3.40. The summed E-state index contributed by atoms with van der Waals surface area (Å²) in [5, 5.41) is 19.2. The molecule has 0 radical (unpaired) electrons. The van der Waals surface area contributed by atoms with Crippen LogP contribution in [0.2, 0.25) is 5.02 Å². The smallest absolute Gasteiger partial charge is 0.179 e. The van der Waals surface area contributed by atoms with E-state index >= 15 is 0 Å². The van der Waals surface area contributed by atoms with Crippen molar-refractivity contribution < 1.29 is 9.84 Å². The van der Waals surface area contributed by atoms with Crippen LogP contribution in [-0.4, -0.2) is 51.6 Å². The van der Waals surface area contributed by atoms with Crippen LogP contribution in [0.25, 0.3) is 11.0 Å². The predicted octanol–water partition coefficient (Wildman–Crippen LogP) is 2.22. The topological polar surface area (TPSA) is 110 Å². The van der Waals surface area contributed by atoms with Crippen LogP contribution in [0, 0.1) is 0 Å². The summed E-state index contributed by atoms with van der Waals surface area (Å²) in [6, 6.07) is 5.60. The molecule has 0 atom stereocenters. The van der Waals surface area contributed by atoms with Gasteiger partial charge in [-0.15, -0.1) is 5.10 Å². The minimum atomic E-state index is -0.272. The van der Waals surface area contributed by atoms with Crippen LogP contribution in [0.15, 0.2) is 24.4 Å². The van der Waals surface area contributed by atoms with E-state index in [1.165, 1.54) is 6.20 Å². The molecular weight excluding hydrogens is 380 g/mol. The van der Waals surface area contributed by atoms with E-state index in [1.54, 1.807) is 7.11 Å². The number of nitrogen functional groups attached to an aromatic ring is 1. The van der Waals surface area contributed by atoms with Crippen molar-refractivity contribution in [3.63, 3.8) is 0 Å². The van der Waals surface area contributed by atoms with Crippen LogP contribution >= 0.6 is 11.6 Å². The van der Waals surface area contributed by atoms with Gasteiger partial charge in [0.25, 0.3) is 0 Å². The first-order valence-corrected chi connectivity index (χ1v) is 9.46. The lowest BCUT2D eigenvalue weighted by Crippen LogP contribution is -2.36. The SMILES string of the molecule is COc1ccc(Cc2nnc(N3CCC(O)CC3)c3nc(N)cnc23)cc1Cl. The van der Waals surface area contributed by atoms with Gasteiger partial charge in [-0.2, -0.15) is 5.10 Å². The highest BCUT2D eigenvalue weighted by atomic mass is 35.5. The maximum Gasteiger partial charge on any atom is 0.179 e. The molecule has 0 aliphatic carbocycles. The zero-order chi connectivity index (χ0) is 19.7. The molecule has 0 bridgehead atoms. The van der Waals surface area contributed by atoms with Crippen molar-refractivity contribution in [1.29, 1.82) is 0 Å². The number of anilines is 2. The third-order valence-corrected chi connectivity index (χ3v) is 5.19. The summed E-state index contributed by atoms with van der Waals surface area (Å²) in [6.45, 7) is 1.38. The number of methoxy groups -OCH3 is 1. The largest absolute Gasteiger partial charge is 0.495 e. The van der Waals surface area contributed by atoms with E-state index in [2.05, 4.69) is 25.1 Å². The second kappa shape index (κ2) is 7.73. The molecule has 9 heteroatoms. The number of halogens is 1. The second-order valence-corrected chi connectivity index (χ2v) is 7.23. The molecule has 1 aromatic carbocycles. The number of nitrogens with two attached hydrogens (primary N) is 1. The van der Waals surface area contributed by atoms with Gasteiger partial charge < -0.3 is 20.5 Å². The van der Waals surface area contributed by atoms with Crippen LogP contribution in [0.3, 0.4) is 0 Å². The Bertz CT molecular complexity index is 1010. The Kier molecular flexibility index (Phi) is 5.15. The van der Waals surface area contributed by atoms with Crippen molar-refractivity contribution in [3.8, 4) is 5.75 Å². The third kappa shape index (κ3) is 3.65.